The van der Waals surface area contributed by atoms with E-state index in [4.69, 9.17) is 4.74 Å². The molecule has 0 saturated carbocycles. The van der Waals surface area contributed by atoms with E-state index >= 15 is 0 Å². The second kappa shape index (κ2) is 9.61. The van der Waals surface area contributed by atoms with Gasteiger partial charge in [0.2, 0.25) is 11.8 Å². The minimum Gasteiger partial charge on any atom is -0.497 e. The molecule has 0 radical (unpaired) electrons. The van der Waals surface area contributed by atoms with E-state index in [2.05, 4.69) is 5.32 Å². The topological polar surface area (TPSA) is 58.6 Å². The number of methoxy groups -OCH3 is 1. The lowest BCUT2D eigenvalue weighted by Crippen LogP contribution is -2.47. The van der Waals surface area contributed by atoms with E-state index < -0.39 is 6.04 Å². The zero-order chi connectivity index (χ0) is 18.9. The Morgan fingerprint density at radius 3 is 2.27 bits per heavy atom. The normalized spacial score (nSPS) is 11.5. The minimum absolute atomic E-state index is 0.119. The van der Waals surface area contributed by atoms with Crippen LogP contribution in [0.25, 0.3) is 0 Å². The van der Waals surface area contributed by atoms with E-state index in [1.165, 1.54) is 6.92 Å². The van der Waals surface area contributed by atoms with E-state index in [0.717, 1.165) is 23.3 Å². The number of rotatable bonds is 8. The third-order valence-corrected chi connectivity index (χ3v) is 4.32. The predicted molar refractivity (Wildman–Crippen MR) is 102 cm³/mol. The number of hydrogen-bond donors (Lipinski definition) is 1. The molecule has 1 atom stereocenters. The van der Waals surface area contributed by atoms with Gasteiger partial charge in [-0.3, -0.25) is 9.59 Å². The Morgan fingerprint density at radius 1 is 1.04 bits per heavy atom. The van der Waals surface area contributed by atoms with Crippen LogP contribution in [0.1, 0.15) is 25.0 Å². The number of benzene rings is 2. The van der Waals surface area contributed by atoms with Crippen LogP contribution in [0.2, 0.25) is 0 Å². The molecule has 2 aromatic carbocycles. The van der Waals surface area contributed by atoms with Gasteiger partial charge in [-0.25, -0.2) is 0 Å². The van der Waals surface area contributed by atoms with Gasteiger partial charge in [0, 0.05) is 20.0 Å². The summed E-state index contributed by atoms with van der Waals surface area (Å²) in [6, 6.07) is 16.9. The van der Waals surface area contributed by atoms with Crippen molar-refractivity contribution < 1.29 is 14.3 Å². The summed E-state index contributed by atoms with van der Waals surface area (Å²) in [5.41, 5.74) is 2.12. The second-order valence-corrected chi connectivity index (χ2v) is 6.20. The maximum absolute atomic E-state index is 12.4. The van der Waals surface area contributed by atoms with Crippen LogP contribution in [-0.4, -0.2) is 36.4 Å². The summed E-state index contributed by atoms with van der Waals surface area (Å²) < 4.78 is 5.13. The SMILES string of the molecule is COc1ccc(CCNC(=O)[C@H](C)N(Cc2ccccc2)C(C)=O)cc1. The third-order valence-electron chi connectivity index (χ3n) is 4.32. The average Bonchev–Trinajstić information content (AvgIpc) is 2.66. The van der Waals surface area contributed by atoms with Crippen molar-refractivity contribution in [1.29, 1.82) is 0 Å². The fourth-order valence-corrected chi connectivity index (χ4v) is 2.71. The molecule has 5 nitrogen and oxygen atoms in total. The number of nitrogens with zero attached hydrogens (tertiary/aromatic N) is 1. The van der Waals surface area contributed by atoms with Crippen LogP contribution in [0, 0.1) is 0 Å². The highest BCUT2D eigenvalue weighted by atomic mass is 16.5. The molecule has 0 bridgehead atoms. The Hall–Kier alpha value is -2.82. The summed E-state index contributed by atoms with van der Waals surface area (Å²) >= 11 is 0. The largest absolute Gasteiger partial charge is 0.497 e. The third kappa shape index (κ3) is 5.62. The fourth-order valence-electron chi connectivity index (χ4n) is 2.71. The number of amides is 2. The number of carbonyl (C=O) groups is 2. The first-order valence-electron chi connectivity index (χ1n) is 8.73. The van der Waals surface area contributed by atoms with E-state index in [1.54, 1.807) is 18.9 Å². The first-order chi connectivity index (χ1) is 12.5. The molecule has 1 N–H and O–H groups in total. The minimum atomic E-state index is -0.524. The van der Waals surface area contributed by atoms with Gasteiger partial charge in [-0.05, 0) is 36.6 Å². The highest BCUT2D eigenvalue weighted by molar-refractivity contribution is 5.86. The molecule has 5 heteroatoms. The van der Waals surface area contributed by atoms with E-state index in [-0.39, 0.29) is 11.8 Å². The van der Waals surface area contributed by atoms with Crippen LogP contribution in [0.5, 0.6) is 5.75 Å². The molecule has 2 rings (SSSR count). The van der Waals surface area contributed by atoms with Crippen molar-refractivity contribution >= 4 is 11.8 Å². The Morgan fingerprint density at radius 2 is 1.69 bits per heavy atom. The molecule has 0 fully saturated rings. The van der Waals surface area contributed by atoms with Crippen molar-refractivity contribution in [2.75, 3.05) is 13.7 Å². The van der Waals surface area contributed by atoms with Gasteiger partial charge in [-0.2, -0.15) is 0 Å². The number of nitrogens with one attached hydrogen (secondary N) is 1. The quantitative estimate of drug-likeness (QED) is 0.793. The second-order valence-electron chi connectivity index (χ2n) is 6.20. The van der Waals surface area contributed by atoms with Gasteiger partial charge >= 0.3 is 0 Å². The highest BCUT2D eigenvalue weighted by Crippen LogP contribution is 2.12. The van der Waals surface area contributed by atoms with Crippen molar-refractivity contribution in [2.45, 2.75) is 32.9 Å². The van der Waals surface area contributed by atoms with Gasteiger partial charge in [-0.15, -0.1) is 0 Å². The van der Waals surface area contributed by atoms with Gasteiger partial charge in [0.15, 0.2) is 0 Å². The molecule has 2 aromatic rings. The van der Waals surface area contributed by atoms with Crippen LogP contribution in [0.15, 0.2) is 54.6 Å². The molecular formula is C21H26N2O3. The standard InChI is InChI=1S/C21H26N2O3/c1-16(23(17(2)24)15-19-7-5-4-6-8-19)21(25)22-14-13-18-9-11-20(26-3)12-10-18/h4-12,16H,13-15H2,1-3H3,(H,22,25)/t16-/m0/s1. The van der Waals surface area contributed by atoms with Crippen molar-refractivity contribution in [3.63, 3.8) is 0 Å². The van der Waals surface area contributed by atoms with Gasteiger partial charge < -0.3 is 15.0 Å². The van der Waals surface area contributed by atoms with E-state index in [9.17, 15) is 9.59 Å². The number of ether oxygens (including phenoxy) is 1. The molecule has 0 aliphatic rings. The first kappa shape index (κ1) is 19.5. The first-order valence-corrected chi connectivity index (χ1v) is 8.73. The van der Waals surface area contributed by atoms with Crippen LogP contribution in [0.3, 0.4) is 0 Å². The lowest BCUT2D eigenvalue weighted by atomic mass is 10.1. The summed E-state index contributed by atoms with van der Waals surface area (Å²) in [5.74, 6) is 0.542. The van der Waals surface area contributed by atoms with Gasteiger partial charge in [0.25, 0.3) is 0 Å². The fraction of sp³-hybridized carbons (Fsp3) is 0.333. The highest BCUT2D eigenvalue weighted by Gasteiger charge is 2.23. The molecule has 138 valence electrons. The summed E-state index contributed by atoms with van der Waals surface area (Å²) in [5, 5.41) is 2.92. The van der Waals surface area contributed by atoms with E-state index in [1.807, 2.05) is 54.6 Å². The molecule has 0 heterocycles. The van der Waals surface area contributed by atoms with Crippen LogP contribution in [-0.2, 0) is 22.6 Å². The molecular weight excluding hydrogens is 328 g/mol. The lowest BCUT2D eigenvalue weighted by Gasteiger charge is -2.27. The zero-order valence-corrected chi connectivity index (χ0v) is 15.6. The van der Waals surface area contributed by atoms with Gasteiger partial charge in [-0.1, -0.05) is 42.5 Å². The molecule has 0 unspecified atom stereocenters. The average molecular weight is 354 g/mol. The summed E-state index contributed by atoms with van der Waals surface area (Å²) in [4.78, 5) is 26.0. The van der Waals surface area contributed by atoms with Crippen molar-refractivity contribution in [3.8, 4) is 5.75 Å². The lowest BCUT2D eigenvalue weighted by molar-refractivity contribution is -0.138. The Labute approximate surface area is 155 Å². The molecule has 2 amide bonds. The maximum atomic E-state index is 12.4. The van der Waals surface area contributed by atoms with Gasteiger partial charge in [0.05, 0.1) is 7.11 Å². The number of carbonyl (C=O) groups excluding carboxylic acids is 2. The van der Waals surface area contributed by atoms with Crippen molar-refractivity contribution in [3.05, 3.63) is 65.7 Å². The predicted octanol–water partition coefficient (Wildman–Crippen LogP) is 2.79. The molecule has 26 heavy (non-hydrogen) atoms. The van der Waals surface area contributed by atoms with Crippen LogP contribution >= 0.6 is 0 Å². The van der Waals surface area contributed by atoms with Crippen LogP contribution < -0.4 is 10.1 Å². The summed E-state index contributed by atoms with van der Waals surface area (Å²) in [6.07, 6.45) is 0.723. The monoisotopic (exact) mass is 354 g/mol. The van der Waals surface area contributed by atoms with E-state index in [0.29, 0.717) is 13.1 Å². The smallest absolute Gasteiger partial charge is 0.242 e. The Bertz CT molecular complexity index is 714. The van der Waals surface area contributed by atoms with Crippen LogP contribution in [0.4, 0.5) is 0 Å². The van der Waals surface area contributed by atoms with Crippen molar-refractivity contribution in [2.24, 2.45) is 0 Å². The number of hydrogen-bond acceptors (Lipinski definition) is 3. The zero-order valence-electron chi connectivity index (χ0n) is 15.6. The van der Waals surface area contributed by atoms with Crippen molar-refractivity contribution in [1.82, 2.24) is 10.2 Å². The summed E-state index contributed by atoms with van der Waals surface area (Å²) in [7, 11) is 1.63. The summed E-state index contributed by atoms with van der Waals surface area (Å²) in [6.45, 7) is 4.19. The molecule has 0 spiro atoms. The molecule has 0 aliphatic heterocycles. The Balaban J connectivity index is 1.88. The maximum Gasteiger partial charge on any atom is 0.242 e. The molecule has 0 aromatic heterocycles. The molecule has 0 saturated heterocycles. The van der Waals surface area contributed by atoms with Gasteiger partial charge in [0.1, 0.15) is 11.8 Å². The Kier molecular flexibility index (Phi) is 7.21. The molecule has 0 aliphatic carbocycles.